The van der Waals surface area contributed by atoms with E-state index in [2.05, 4.69) is 26.1 Å². The van der Waals surface area contributed by atoms with Crippen LogP contribution in [0.3, 0.4) is 0 Å². The van der Waals surface area contributed by atoms with Gasteiger partial charge in [0.2, 0.25) is 11.7 Å². The zero-order valence-electron chi connectivity index (χ0n) is 18.3. The summed E-state index contributed by atoms with van der Waals surface area (Å²) >= 11 is 1.05. The molecule has 0 radical (unpaired) electrons. The number of piperidine rings is 1. The Morgan fingerprint density at radius 1 is 1.31 bits per heavy atom. The van der Waals surface area contributed by atoms with Gasteiger partial charge >= 0.3 is 6.18 Å². The van der Waals surface area contributed by atoms with Gasteiger partial charge in [0, 0.05) is 6.54 Å². The van der Waals surface area contributed by atoms with Crippen LogP contribution in [0.4, 0.5) is 27.6 Å². The fourth-order valence-corrected chi connectivity index (χ4v) is 5.32. The molecule has 0 bridgehead atoms. The van der Waals surface area contributed by atoms with Crippen molar-refractivity contribution in [3.8, 4) is 10.7 Å². The Morgan fingerprint density at radius 2 is 2.11 bits per heavy atom. The molecule has 5 rings (SSSR count). The highest BCUT2D eigenvalue weighted by atomic mass is 32.1. The molecule has 188 valence electrons. The Bertz CT molecular complexity index is 1240. The first-order chi connectivity index (χ1) is 16.6. The van der Waals surface area contributed by atoms with E-state index in [9.17, 15) is 26.7 Å². The van der Waals surface area contributed by atoms with Crippen molar-refractivity contribution >= 4 is 33.0 Å². The van der Waals surface area contributed by atoms with Crippen LogP contribution in [0, 0.1) is 0 Å². The molecule has 1 amide bonds. The van der Waals surface area contributed by atoms with Crippen molar-refractivity contribution in [1.29, 1.82) is 0 Å². The minimum absolute atomic E-state index is 0.0136. The summed E-state index contributed by atoms with van der Waals surface area (Å²) in [6, 6.07) is 4.44. The van der Waals surface area contributed by atoms with Crippen LogP contribution in [0.25, 0.3) is 20.8 Å². The number of fused-ring (bicyclic) bond motifs is 1. The topological polar surface area (TPSA) is 92.1 Å². The molecule has 1 saturated heterocycles. The van der Waals surface area contributed by atoms with Crippen LogP contribution in [-0.4, -0.2) is 53.2 Å². The predicted molar refractivity (Wildman–Crippen MR) is 120 cm³/mol. The molecular weight excluding hydrogens is 493 g/mol. The van der Waals surface area contributed by atoms with Crippen molar-refractivity contribution < 1.29 is 31.3 Å². The van der Waals surface area contributed by atoms with Crippen molar-refractivity contribution in [2.24, 2.45) is 0 Å². The lowest BCUT2D eigenvalue weighted by Gasteiger charge is -2.28. The van der Waals surface area contributed by atoms with Crippen molar-refractivity contribution in [2.45, 2.75) is 56.3 Å². The van der Waals surface area contributed by atoms with E-state index < -0.39 is 36.4 Å². The summed E-state index contributed by atoms with van der Waals surface area (Å²) in [5.74, 6) is -0.898. The van der Waals surface area contributed by atoms with E-state index in [1.807, 2.05) is 0 Å². The summed E-state index contributed by atoms with van der Waals surface area (Å²) in [5, 5.41) is 12.7. The third kappa shape index (κ3) is 5.10. The van der Waals surface area contributed by atoms with E-state index in [-0.39, 0.29) is 48.1 Å². The molecule has 1 aliphatic heterocycles. The molecule has 13 heteroatoms. The number of nitrogens with one attached hydrogen (secondary N) is 3. The number of thiophene rings is 1. The van der Waals surface area contributed by atoms with Gasteiger partial charge in [-0.05, 0) is 42.8 Å². The van der Waals surface area contributed by atoms with Crippen LogP contribution >= 0.6 is 11.3 Å². The SMILES string of the molecule is O=C(NCc1nc(-c2sc3c(N[C@@H]4CCNC[C@@H]4F)cccc3c2CC(F)(F)F)no1)C1(F)CC1. The first-order valence-corrected chi connectivity index (χ1v) is 12.0. The highest BCUT2D eigenvalue weighted by Gasteiger charge is 2.50. The number of rotatable bonds is 7. The highest BCUT2D eigenvalue weighted by molar-refractivity contribution is 7.23. The molecule has 2 aliphatic rings. The molecule has 1 aliphatic carbocycles. The van der Waals surface area contributed by atoms with Gasteiger partial charge in [0.1, 0.15) is 6.17 Å². The minimum Gasteiger partial charge on any atom is -0.378 e. The molecule has 0 spiro atoms. The minimum atomic E-state index is -4.49. The van der Waals surface area contributed by atoms with E-state index in [1.165, 1.54) is 0 Å². The van der Waals surface area contributed by atoms with Gasteiger partial charge < -0.3 is 20.5 Å². The largest absolute Gasteiger partial charge is 0.393 e. The first-order valence-electron chi connectivity index (χ1n) is 11.2. The molecule has 0 unspecified atom stereocenters. The van der Waals surface area contributed by atoms with Crippen molar-refractivity contribution in [3.63, 3.8) is 0 Å². The van der Waals surface area contributed by atoms with Crippen LogP contribution in [0.15, 0.2) is 22.7 Å². The molecule has 3 N–H and O–H groups in total. The number of hydrogen-bond acceptors (Lipinski definition) is 7. The Kier molecular flexibility index (Phi) is 6.16. The molecule has 3 aromatic rings. The van der Waals surface area contributed by atoms with E-state index in [1.54, 1.807) is 18.2 Å². The third-order valence-corrected chi connectivity index (χ3v) is 7.39. The predicted octanol–water partition coefficient (Wildman–Crippen LogP) is 4.29. The van der Waals surface area contributed by atoms with Crippen molar-refractivity contribution in [2.75, 3.05) is 18.4 Å². The second kappa shape index (κ2) is 9.01. The normalized spacial score (nSPS) is 21.7. The number of anilines is 1. The van der Waals surface area contributed by atoms with E-state index in [0.29, 0.717) is 28.7 Å². The average molecular weight is 516 g/mol. The number of carbonyl (C=O) groups is 1. The monoisotopic (exact) mass is 515 g/mol. The van der Waals surface area contributed by atoms with Gasteiger partial charge in [-0.1, -0.05) is 17.3 Å². The summed E-state index contributed by atoms with van der Waals surface area (Å²) in [4.78, 5) is 16.1. The number of alkyl halides is 5. The quantitative estimate of drug-likeness (QED) is 0.407. The Balaban J connectivity index is 1.46. The van der Waals surface area contributed by atoms with Crippen LogP contribution in [0.1, 0.15) is 30.7 Å². The van der Waals surface area contributed by atoms with Gasteiger partial charge in [-0.2, -0.15) is 18.2 Å². The fraction of sp³-hybridized carbons (Fsp3) is 0.500. The first kappa shape index (κ1) is 23.9. The average Bonchev–Trinajstić information content (AvgIpc) is 3.23. The molecule has 7 nitrogen and oxygen atoms in total. The summed E-state index contributed by atoms with van der Waals surface area (Å²) in [5.41, 5.74) is -1.35. The Labute approximate surface area is 200 Å². The smallest absolute Gasteiger partial charge is 0.378 e. The lowest BCUT2D eigenvalue weighted by molar-refractivity contribution is -0.128. The van der Waals surface area contributed by atoms with E-state index >= 15 is 0 Å². The van der Waals surface area contributed by atoms with Crippen molar-refractivity contribution in [1.82, 2.24) is 20.8 Å². The molecule has 2 fully saturated rings. The summed E-state index contributed by atoms with van der Waals surface area (Å²) in [6.45, 7) is 0.598. The number of nitrogens with zero attached hydrogens (tertiary/aromatic N) is 2. The molecule has 1 saturated carbocycles. The molecular formula is C22H22F5N5O2S. The summed E-state index contributed by atoms with van der Waals surface area (Å²) in [7, 11) is 0. The number of aromatic nitrogens is 2. The highest BCUT2D eigenvalue weighted by Crippen LogP contribution is 2.44. The lowest BCUT2D eigenvalue weighted by atomic mass is 10.0. The van der Waals surface area contributed by atoms with Crippen LogP contribution in [-0.2, 0) is 17.8 Å². The lowest BCUT2D eigenvalue weighted by Crippen LogP contribution is -2.45. The third-order valence-electron chi connectivity index (χ3n) is 6.11. The number of carbonyl (C=O) groups excluding carboxylic acids is 1. The van der Waals surface area contributed by atoms with Crippen molar-refractivity contribution in [3.05, 3.63) is 29.7 Å². The maximum absolute atomic E-state index is 14.4. The molecule has 2 aromatic heterocycles. The maximum atomic E-state index is 14.4. The van der Waals surface area contributed by atoms with Gasteiger partial charge in [0.05, 0.1) is 34.3 Å². The van der Waals surface area contributed by atoms with Gasteiger partial charge in [0.15, 0.2) is 5.67 Å². The zero-order chi connectivity index (χ0) is 24.8. The second-order valence-electron chi connectivity index (χ2n) is 8.80. The molecule has 1 aromatic carbocycles. The van der Waals surface area contributed by atoms with Gasteiger partial charge in [-0.25, -0.2) is 8.78 Å². The van der Waals surface area contributed by atoms with Crippen LogP contribution in [0.5, 0.6) is 0 Å². The van der Waals surface area contributed by atoms with Gasteiger partial charge in [-0.3, -0.25) is 4.79 Å². The van der Waals surface area contributed by atoms with E-state index in [0.717, 1.165) is 11.3 Å². The van der Waals surface area contributed by atoms with Crippen LogP contribution < -0.4 is 16.0 Å². The van der Waals surface area contributed by atoms with E-state index in [4.69, 9.17) is 4.52 Å². The second-order valence-corrected chi connectivity index (χ2v) is 9.82. The number of benzene rings is 1. The zero-order valence-corrected chi connectivity index (χ0v) is 19.2. The van der Waals surface area contributed by atoms with Gasteiger partial charge in [-0.15, -0.1) is 11.3 Å². The molecule has 3 heterocycles. The summed E-state index contributed by atoms with van der Waals surface area (Å²) < 4.78 is 74.3. The Morgan fingerprint density at radius 3 is 2.83 bits per heavy atom. The number of hydrogen-bond donors (Lipinski definition) is 3. The standard InChI is InChI=1S/C22H22F5N5O2S/c23-13-9-28-7-4-14(13)30-15-3-1-2-11-12(8-22(25,26)27)18(35-17(11)15)19-31-16(34-32-19)10-29-20(33)21(24)5-6-21/h1-3,13-14,28,30H,4-10H2,(H,29,33)/t13-,14+/m0/s1. The van der Waals surface area contributed by atoms with Gasteiger partial charge in [0.25, 0.3) is 5.91 Å². The summed E-state index contributed by atoms with van der Waals surface area (Å²) in [6.07, 6.45) is -6.02. The van der Waals surface area contributed by atoms with Crippen LogP contribution in [0.2, 0.25) is 0 Å². The maximum Gasteiger partial charge on any atom is 0.393 e. The number of amides is 1. The number of halogens is 5. The molecule has 2 atom stereocenters. The fourth-order valence-electron chi connectivity index (χ4n) is 4.09. The molecule has 35 heavy (non-hydrogen) atoms. The Hall–Kier alpha value is -2.80.